The van der Waals surface area contributed by atoms with Gasteiger partial charge in [0.05, 0.1) is 6.10 Å². The fraction of sp³-hybridized carbons (Fsp3) is 0.630. The van der Waals surface area contributed by atoms with Gasteiger partial charge in [-0.1, -0.05) is 39.8 Å². The van der Waals surface area contributed by atoms with E-state index in [1.54, 1.807) is 27.7 Å². The Kier molecular flexibility index (Phi) is 21.5. The second-order valence-corrected chi connectivity index (χ2v) is 18.7. The number of aromatic hydroxyl groups is 1. The molecule has 0 bridgehead atoms. The number of nitrogens with one attached hydrogen (secondary N) is 6. The number of ether oxygens (including phenoxy) is 1. The van der Waals surface area contributed by atoms with E-state index in [0.717, 1.165) is 16.7 Å². The van der Waals surface area contributed by atoms with E-state index in [1.807, 2.05) is 0 Å². The van der Waals surface area contributed by atoms with Crippen LogP contribution in [0.15, 0.2) is 29.3 Å². The smallest absolute Gasteiger partial charge is 0.328 e. The van der Waals surface area contributed by atoms with Crippen LogP contribution >= 0.6 is 0 Å². The van der Waals surface area contributed by atoms with Gasteiger partial charge in [-0.2, -0.15) is 0 Å². The van der Waals surface area contributed by atoms with E-state index in [2.05, 4.69) is 36.9 Å². The van der Waals surface area contributed by atoms with Gasteiger partial charge < -0.3 is 73.9 Å². The first-order valence-electron chi connectivity index (χ1n) is 23.5. The number of hydrogen-bond donors (Lipinski definition) is 11. The Bertz CT molecular complexity index is 2150. The summed E-state index contributed by atoms with van der Waals surface area (Å²) in [5, 5.41) is 36.2. The third kappa shape index (κ3) is 16.5. The van der Waals surface area contributed by atoms with Crippen molar-refractivity contribution in [3.63, 3.8) is 0 Å². The van der Waals surface area contributed by atoms with Gasteiger partial charge in [-0.15, -0.1) is 0 Å². The largest absolute Gasteiger partial charge is 0.508 e. The number of nitrogens with zero attached hydrogens (tertiary/aromatic N) is 3. The minimum Gasteiger partial charge on any atom is -0.508 e. The summed E-state index contributed by atoms with van der Waals surface area (Å²) in [6.07, 6.45) is -4.26. The van der Waals surface area contributed by atoms with E-state index in [1.165, 1.54) is 52.2 Å². The molecule has 0 spiro atoms. The average molecular weight is 1000 g/mol. The van der Waals surface area contributed by atoms with Crippen molar-refractivity contribution in [2.24, 2.45) is 39.9 Å². The molecular weight excluding hydrogens is 929 g/mol. The summed E-state index contributed by atoms with van der Waals surface area (Å²) in [5.41, 5.74) is 16.9. The number of carbonyl (C=O) groups is 10. The first-order valence-corrected chi connectivity index (χ1v) is 23.5. The maximum atomic E-state index is 14.5. The Hall–Kier alpha value is -7.05. The molecule has 25 heteroatoms. The summed E-state index contributed by atoms with van der Waals surface area (Å²) in [6, 6.07) is -6.36. The number of nitrogens with two attached hydrogens (primary N) is 3. The lowest BCUT2D eigenvalue weighted by atomic mass is 9.93. The first kappa shape index (κ1) is 58.3. The molecule has 9 amide bonds. The molecule has 12 atom stereocenters. The molecule has 0 unspecified atom stereocenters. The summed E-state index contributed by atoms with van der Waals surface area (Å²) in [7, 11) is 2.50. The molecule has 2 aliphatic heterocycles. The number of aliphatic imine (C=N–C) groups is 1. The molecule has 2 aliphatic rings. The van der Waals surface area contributed by atoms with Gasteiger partial charge in [0.1, 0.15) is 60.2 Å². The van der Waals surface area contributed by atoms with Crippen LogP contribution in [0.25, 0.3) is 0 Å². The lowest BCUT2D eigenvalue weighted by Crippen LogP contribution is -2.63. The molecule has 25 nitrogen and oxygen atoms in total. The maximum Gasteiger partial charge on any atom is 0.328 e. The number of rotatable bonds is 14. The zero-order valence-electron chi connectivity index (χ0n) is 41.7. The maximum absolute atomic E-state index is 14.5. The molecule has 0 aliphatic carbocycles. The number of aliphatic hydroxyl groups excluding tert-OH is 1. The number of benzene rings is 1. The van der Waals surface area contributed by atoms with E-state index in [0.29, 0.717) is 5.56 Å². The SMILES string of the molecule is CC(C)C[C@@H]1NC(=O)[C@@H](CCCN=C(N)N)NC(=O)[C@@H]([C@@H](C)O)NC(=O)[C@H](NC(=O)[C@H]2NC(=O)[C@H](C)[C@@H]2C)[C@@H](C)OC(=O)[C@H](C)N(C)C(=O)[C@@H](Cc2ccc(O)cc2)NC(=O)[C@H](CCC(N)=O)N(C)C1=O. The lowest BCUT2D eigenvalue weighted by molar-refractivity contribution is -0.161. The minimum absolute atomic E-state index is 0.00559. The first-order chi connectivity index (χ1) is 33.1. The van der Waals surface area contributed by atoms with Gasteiger partial charge in [0, 0.05) is 39.4 Å². The summed E-state index contributed by atoms with van der Waals surface area (Å²) >= 11 is 0. The van der Waals surface area contributed by atoms with Crippen molar-refractivity contribution in [3.8, 4) is 5.75 Å². The molecule has 0 saturated carbocycles. The second-order valence-electron chi connectivity index (χ2n) is 18.7. The zero-order chi connectivity index (χ0) is 53.6. The molecular formula is C46H72N12O13. The van der Waals surface area contributed by atoms with Crippen molar-refractivity contribution >= 4 is 65.1 Å². The summed E-state index contributed by atoms with van der Waals surface area (Å²) in [5.74, 6) is -10.7. The number of phenolic OH excluding ortho intramolecular Hbond substituents is 1. The topological polar surface area (TPSA) is 389 Å². The zero-order valence-corrected chi connectivity index (χ0v) is 41.7. The fourth-order valence-corrected chi connectivity index (χ4v) is 7.99. The van der Waals surface area contributed by atoms with Gasteiger partial charge in [0.2, 0.25) is 53.2 Å². The number of likely N-dealkylation sites (N-methyl/N-ethyl adjacent to an activating group) is 2. The van der Waals surface area contributed by atoms with Crippen LogP contribution in [0.3, 0.4) is 0 Å². The van der Waals surface area contributed by atoms with Gasteiger partial charge in [0.25, 0.3) is 0 Å². The summed E-state index contributed by atoms with van der Waals surface area (Å²) < 4.78 is 5.71. The highest BCUT2D eigenvalue weighted by atomic mass is 16.5. The Morgan fingerprint density at radius 2 is 1.35 bits per heavy atom. The molecule has 2 fully saturated rings. The number of esters is 1. The number of phenols is 1. The normalized spacial score (nSPS) is 28.2. The highest BCUT2D eigenvalue weighted by molar-refractivity contribution is 5.99. The van der Waals surface area contributed by atoms with E-state index in [-0.39, 0.29) is 56.3 Å². The van der Waals surface area contributed by atoms with Gasteiger partial charge >= 0.3 is 5.97 Å². The fourth-order valence-electron chi connectivity index (χ4n) is 7.99. The predicted octanol–water partition coefficient (Wildman–Crippen LogP) is -3.51. The Morgan fingerprint density at radius 3 is 1.90 bits per heavy atom. The number of amides is 9. The Labute approximate surface area is 412 Å². The lowest BCUT2D eigenvalue weighted by Gasteiger charge is -2.34. The van der Waals surface area contributed by atoms with Crippen LogP contribution in [0.2, 0.25) is 0 Å². The average Bonchev–Trinajstić information content (AvgIpc) is 3.55. The van der Waals surface area contributed by atoms with Crippen molar-refractivity contribution < 1.29 is 62.9 Å². The number of aliphatic hydroxyl groups is 1. The van der Waals surface area contributed by atoms with Gasteiger partial charge in [-0.05, 0) is 76.0 Å². The molecule has 394 valence electrons. The van der Waals surface area contributed by atoms with Crippen molar-refractivity contribution in [2.75, 3.05) is 20.6 Å². The van der Waals surface area contributed by atoms with E-state index >= 15 is 0 Å². The van der Waals surface area contributed by atoms with Crippen LogP contribution in [0.1, 0.15) is 86.1 Å². The highest BCUT2D eigenvalue weighted by Crippen LogP contribution is 2.23. The van der Waals surface area contributed by atoms with Crippen LogP contribution in [-0.4, -0.2) is 166 Å². The van der Waals surface area contributed by atoms with Crippen molar-refractivity contribution in [1.29, 1.82) is 0 Å². The number of carbonyl (C=O) groups excluding carboxylic acids is 10. The molecule has 0 aromatic heterocycles. The van der Waals surface area contributed by atoms with Crippen molar-refractivity contribution in [3.05, 3.63) is 29.8 Å². The minimum atomic E-state index is -1.84. The summed E-state index contributed by atoms with van der Waals surface area (Å²) in [4.78, 5) is 144. The predicted molar refractivity (Wildman–Crippen MR) is 256 cm³/mol. The molecule has 3 rings (SSSR count). The number of cyclic esters (lactones) is 1. The third-order valence-electron chi connectivity index (χ3n) is 12.7. The number of hydrogen-bond acceptors (Lipinski definition) is 14. The van der Waals surface area contributed by atoms with Gasteiger partial charge in [0.15, 0.2) is 5.96 Å². The molecule has 2 saturated heterocycles. The highest BCUT2D eigenvalue weighted by Gasteiger charge is 2.44. The van der Waals surface area contributed by atoms with Gasteiger partial charge in [-0.25, -0.2) is 4.79 Å². The molecule has 14 N–H and O–H groups in total. The molecule has 1 aromatic carbocycles. The van der Waals surface area contributed by atoms with Crippen LogP contribution in [-0.2, 0) is 59.1 Å². The molecule has 0 radical (unpaired) electrons. The summed E-state index contributed by atoms with van der Waals surface area (Å²) in [6.45, 7) is 10.5. The molecule has 1 aromatic rings. The second kappa shape index (κ2) is 26.2. The number of primary amides is 1. The quantitative estimate of drug-likeness (QED) is 0.0373. The van der Waals surface area contributed by atoms with Crippen LogP contribution in [0.4, 0.5) is 0 Å². The van der Waals surface area contributed by atoms with Crippen molar-refractivity contribution in [1.82, 2.24) is 41.7 Å². The third-order valence-corrected chi connectivity index (χ3v) is 12.7. The van der Waals surface area contributed by atoms with Crippen LogP contribution in [0, 0.1) is 17.8 Å². The van der Waals surface area contributed by atoms with Crippen LogP contribution in [0.5, 0.6) is 5.75 Å². The van der Waals surface area contributed by atoms with E-state index < -0.39 is 138 Å². The van der Waals surface area contributed by atoms with E-state index in [4.69, 9.17) is 21.9 Å². The van der Waals surface area contributed by atoms with Crippen LogP contribution < -0.4 is 49.1 Å². The Morgan fingerprint density at radius 1 is 0.761 bits per heavy atom. The number of guanidine groups is 1. The van der Waals surface area contributed by atoms with Gasteiger partial charge in [-0.3, -0.25) is 48.1 Å². The molecule has 71 heavy (non-hydrogen) atoms. The van der Waals surface area contributed by atoms with E-state index in [9.17, 15) is 58.2 Å². The monoisotopic (exact) mass is 1000 g/mol. The van der Waals surface area contributed by atoms with Crippen molar-refractivity contribution in [2.45, 2.75) is 148 Å². The Balaban J connectivity index is 2.25. The molecule has 2 heterocycles. The standard InChI is InChI=1S/C46H72N12O13/c1-21(2)19-30-44(69)58(9)32(16-17-33(47)61)39(64)53-31(20-27-12-14-28(60)15-13-27)43(68)57(8)24(5)45(70)71-26(7)36(56-40(65)34-22(3)23(4)37(62)54-34)42(67)55-35(25(6)59)41(66)51-29(38(63)52-30)11-10-18-50-46(48)49/h12-15,21-26,29-32,34-36,59-60H,10-11,16-20H2,1-9H3,(H2,47,61)(H,51,66)(H,52,63)(H,53,64)(H,54,62)(H,55,67)(H,56,65)(H4,48,49,50)/t22-,23+,24-,25+,26+,29+,30-,31+,32-,34-,35+,36+/m0/s1.